The Labute approximate surface area is 285 Å². The third kappa shape index (κ3) is 10.7. The molecule has 14 nitrogen and oxygen atoms in total. The number of morpholine rings is 1. The summed E-state index contributed by atoms with van der Waals surface area (Å²) in [6, 6.07) is 4.63. The molecule has 49 heavy (non-hydrogen) atoms. The Morgan fingerprint density at radius 1 is 1.02 bits per heavy atom. The summed E-state index contributed by atoms with van der Waals surface area (Å²) in [5.41, 5.74) is 4.84. The molecule has 0 saturated carbocycles. The van der Waals surface area contributed by atoms with E-state index in [9.17, 15) is 29.4 Å². The number of carbonyl (C=O) groups is 3. The van der Waals surface area contributed by atoms with Gasteiger partial charge < -0.3 is 55.0 Å². The molecule has 3 atom stereocenters. The molecule has 4 aliphatic rings. The highest BCUT2D eigenvalue weighted by molar-refractivity contribution is 6.31. The average Bonchev–Trinajstić information content (AvgIpc) is 3.13. The van der Waals surface area contributed by atoms with E-state index < -0.39 is 41.6 Å². The summed E-state index contributed by atoms with van der Waals surface area (Å²) < 4.78 is 33.8. The molecule has 2 aromatic carbocycles. The fourth-order valence-corrected chi connectivity index (χ4v) is 5.52. The van der Waals surface area contributed by atoms with Gasteiger partial charge in [-0.1, -0.05) is 26.0 Å². The number of aliphatic hydroxyl groups is 3. The van der Waals surface area contributed by atoms with Crippen LogP contribution in [0.25, 0.3) is 0 Å². The van der Waals surface area contributed by atoms with Gasteiger partial charge in [-0.15, -0.1) is 9.60 Å². The smallest absolute Gasteiger partial charge is 0.202 e. The van der Waals surface area contributed by atoms with E-state index in [1.807, 2.05) is 13.8 Å². The molecule has 15 heteroatoms. The van der Waals surface area contributed by atoms with Crippen molar-refractivity contribution < 1.29 is 63.3 Å². The predicted octanol–water partition coefficient (Wildman–Crippen LogP) is 2.12. The molecule has 2 fully saturated rings. The average molecular weight is 697 g/mol. The van der Waals surface area contributed by atoms with Crippen molar-refractivity contribution in [3.63, 3.8) is 0 Å². The van der Waals surface area contributed by atoms with E-state index in [4.69, 9.17) is 39.7 Å². The van der Waals surface area contributed by atoms with Crippen LogP contribution < -0.4 is 10.5 Å². The fourth-order valence-electron chi connectivity index (χ4n) is 5.52. The van der Waals surface area contributed by atoms with Crippen LogP contribution in [-0.2, 0) is 25.4 Å². The molecule has 0 spiro atoms. The summed E-state index contributed by atoms with van der Waals surface area (Å²) in [6.45, 7) is 6.60. The van der Waals surface area contributed by atoms with Crippen LogP contribution in [0.3, 0.4) is 0 Å². The number of halogens is 1. The molecule has 2 aromatic rings. The SMILES string of the molecule is CC.COc1cccc2c1C(=O)c1c(O)c3c(c(O)c1C2=O)CC(O)CC3OC1CCCCO1.FN1CCOCC1.NCCO.O=CCO. The highest BCUT2D eigenvalue weighted by atomic mass is 19.2. The number of hydrogen-bond donors (Lipinski definition) is 6. The monoisotopic (exact) mass is 696 g/mol. The lowest BCUT2D eigenvalue weighted by molar-refractivity contribution is -0.197. The maximum absolute atomic E-state index is 13.4. The number of ether oxygens (including phenoxy) is 4. The number of aliphatic hydroxyl groups excluding tert-OH is 3. The van der Waals surface area contributed by atoms with E-state index in [1.165, 1.54) is 13.2 Å². The van der Waals surface area contributed by atoms with E-state index in [0.29, 0.717) is 52.2 Å². The maximum atomic E-state index is 13.4. The molecule has 2 aliphatic heterocycles. The lowest BCUT2D eigenvalue weighted by atomic mass is 9.76. The Kier molecular flexibility index (Phi) is 18.3. The van der Waals surface area contributed by atoms with Crippen LogP contribution in [0.1, 0.15) is 88.6 Å². The number of carbonyl (C=O) groups excluding carboxylic acids is 3. The zero-order valence-corrected chi connectivity index (χ0v) is 28.2. The molecular weight excluding hydrogens is 647 g/mol. The Hall–Kier alpha value is -3.54. The van der Waals surface area contributed by atoms with Crippen molar-refractivity contribution in [2.45, 2.75) is 64.4 Å². The maximum Gasteiger partial charge on any atom is 0.202 e. The van der Waals surface area contributed by atoms with Gasteiger partial charge in [-0.25, -0.2) is 0 Å². The standard InChI is InChI=1S/C24H24O8.C4H8FNO.C2H7NO.C2H4O2.C2H6/c1-30-14-6-4-5-12-17(14)23(28)20-19(21(12)26)22(27)13-9-11(25)10-15(18(13)24(20)29)32-16-7-2-3-8-31-16;5-6-1-3-7-4-2-6;2*3-1-2-4;1-2/h4-6,11,15-16,25,27,29H,2-3,7-10H2,1H3;1-4H2;4H,1-3H2;1,4H,2H2;1-2H3. The Morgan fingerprint density at radius 2 is 1.65 bits per heavy atom. The number of hydrogen-bond acceptors (Lipinski definition) is 14. The van der Waals surface area contributed by atoms with Crippen LogP contribution in [0.2, 0.25) is 0 Å². The van der Waals surface area contributed by atoms with Crippen LogP contribution in [0, 0.1) is 0 Å². The molecule has 0 radical (unpaired) electrons. The Morgan fingerprint density at radius 3 is 2.16 bits per heavy atom. The number of nitrogens with zero attached hydrogens (tertiary/aromatic N) is 1. The number of phenolic OH excluding ortho intramolecular Hbond substituents is 2. The predicted molar refractivity (Wildman–Crippen MR) is 176 cm³/mol. The molecule has 3 unspecified atom stereocenters. The molecule has 0 amide bonds. The van der Waals surface area contributed by atoms with Crippen molar-refractivity contribution in [3.8, 4) is 17.2 Å². The molecule has 0 aromatic heterocycles. The number of aromatic hydroxyl groups is 2. The highest BCUT2D eigenvalue weighted by Crippen LogP contribution is 2.50. The topological polar surface area (TPSA) is 219 Å². The zero-order chi connectivity index (χ0) is 36.5. The number of aldehydes is 1. The second-order valence-electron chi connectivity index (χ2n) is 10.8. The van der Waals surface area contributed by atoms with Gasteiger partial charge in [0.25, 0.3) is 0 Å². The minimum atomic E-state index is -0.846. The van der Waals surface area contributed by atoms with E-state index in [-0.39, 0.29) is 65.2 Å². The number of methoxy groups -OCH3 is 1. The van der Waals surface area contributed by atoms with E-state index in [1.54, 1.807) is 12.1 Å². The molecular formula is C34H49FN2O12. The summed E-state index contributed by atoms with van der Waals surface area (Å²) in [5, 5.41) is 48.8. The number of fused-ring (bicyclic) bond motifs is 3. The minimum Gasteiger partial charge on any atom is -0.507 e. The first-order valence-corrected chi connectivity index (χ1v) is 16.3. The van der Waals surface area contributed by atoms with Crippen LogP contribution in [0.5, 0.6) is 17.2 Å². The Balaban J connectivity index is 0.000000406. The van der Waals surface area contributed by atoms with Gasteiger partial charge in [0.05, 0.1) is 75.5 Å². The van der Waals surface area contributed by atoms with Gasteiger partial charge in [-0.05, 0) is 25.3 Å². The molecule has 0 bridgehead atoms. The van der Waals surface area contributed by atoms with Crippen molar-refractivity contribution >= 4 is 17.9 Å². The third-order valence-corrected chi connectivity index (χ3v) is 7.62. The molecule has 7 N–H and O–H groups in total. The summed E-state index contributed by atoms with van der Waals surface area (Å²) in [5.74, 6) is -1.80. The van der Waals surface area contributed by atoms with Crippen LogP contribution in [0.4, 0.5) is 4.48 Å². The van der Waals surface area contributed by atoms with Crippen molar-refractivity contribution in [2.24, 2.45) is 5.73 Å². The summed E-state index contributed by atoms with van der Waals surface area (Å²) in [6.07, 6.45) is 1.000. The second kappa shape index (κ2) is 21.5. The quantitative estimate of drug-likeness (QED) is 0.128. The normalized spacial score (nSPS) is 20.9. The van der Waals surface area contributed by atoms with Gasteiger partial charge >= 0.3 is 0 Å². The van der Waals surface area contributed by atoms with Gasteiger partial charge in [-0.2, -0.15) is 0 Å². The fraction of sp³-hybridized carbons (Fsp3) is 0.559. The van der Waals surface area contributed by atoms with Gasteiger partial charge in [0.1, 0.15) is 23.5 Å². The van der Waals surface area contributed by atoms with Crippen molar-refractivity contribution in [2.75, 3.05) is 59.8 Å². The first kappa shape index (κ1) is 41.6. The van der Waals surface area contributed by atoms with Gasteiger partial charge in [-0.3, -0.25) is 9.59 Å². The van der Waals surface area contributed by atoms with Gasteiger partial charge in [0.2, 0.25) is 5.78 Å². The molecule has 274 valence electrons. The van der Waals surface area contributed by atoms with Gasteiger partial charge in [0, 0.05) is 42.7 Å². The summed E-state index contributed by atoms with van der Waals surface area (Å²) in [4.78, 5) is 35.6. The lowest BCUT2D eigenvalue weighted by Crippen LogP contribution is -2.32. The summed E-state index contributed by atoms with van der Waals surface area (Å²) >= 11 is 0. The van der Waals surface area contributed by atoms with E-state index >= 15 is 0 Å². The lowest BCUT2D eigenvalue weighted by Gasteiger charge is -2.35. The highest BCUT2D eigenvalue weighted by Gasteiger charge is 2.43. The minimum absolute atomic E-state index is 0.0276. The van der Waals surface area contributed by atoms with E-state index in [0.717, 1.165) is 18.0 Å². The Bertz CT molecular complexity index is 1360. The molecule has 2 aliphatic carbocycles. The van der Waals surface area contributed by atoms with Crippen LogP contribution >= 0.6 is 0 Å². The third-order valence-electron chi connectivity index (χ3n) is 7.62. The number of benzene rings is 2. The number of rotatable bonds is 5. The molecule has 2 saturated heterocycles. The molecule has 2 heterocycles. The summed E-state index contributed by atoms with van der Waals surface area (Å²) in [7, 11) is 1.39. The van der Waals surface area contributed by atoms with Crippen molar-refractivity contribution in [3.05, 3.63) is 51.6 Å². The number of nitrogens with two attached hydrogens (primary N) is 1. The zero-order valence-electron chi connectivity index (χ0n) is 28.2. The van der Waals surface area contributed by atoms with Crippen molar-refractivity contribution in [1.29, 1.82) is 0 Å². The number of phenols is 2. The number of ketones is 2. The first-order valence-electron chi connectivity index (χ1n) is 16.3. The molecule has 6 rings (SSSR count). The van der Waals surface area contributed by atoms with Crippen LogP contribution in [0.15, 0.2) is 18.2 Å². The van der Waals surface area contributed by atoms with Gasteiger partial charge in [0.15, 0.2) is 12.1 Å². The van der Waals surface area contributed by atoms with E-state index in [2.05, 4.69) is 0 Å². The first-order chi connectivity index (χ1) is 23.6. The second-order valence-corrected chi connectivity index (χ2v) is 10.8. The largest absolute Gasteiger partial charge is 0.507 e. The van der Waals surface area contributed by atoms with Crippen molar-refractivity contribution in [1.82, 2.24) is 5.12 Å². The van der Waals surface area contributed by atoms with Crippen LogP contribution in [-0.4, -0.2) is 121 Å².